The van der Waals surface area contributed by atoms with Gasteiger partial charge < -0.3 is 15.0 Å². The summed E-state index contributed by atoms with van der Waals surface area (Å²) < 4.78 is 5.22. The molecule has 0 bridgehead atoms. The van der Waals surface area contributed by atoms with Crippen LogP contribution in [-0.2, 0) is 0 Å². The summed E-state index contributed by atoms with van der Waals surface area (Å²) >= 11 is 0. The van der Waals surface area contributed by atoms with Crippen molar-refractivity contribution in [3.05, 3.63) is 48.0 Å². The average molecular weight is 380 g/mol. The minimum atomic E-state index is 0.540. The van der Waals surface area contributed by atoms with Gasteiger partial charge in [0.05, 0.1) is 18.1 Å². The Hall–Kier alpha value is -2.49. The standard InChI is InChI=1S/C17H19N3O.C7H14/c1-11(2)12-4-6-13(7-5-12)18-17-19-15-9-8-14(21-3)10-16(15)20-17;1-7-5-3-2-4-6-7/h4-11H,1-3H3,(H2,18,19,20);7H,2-6H2,1H3. The summed E-state index contributed by atoms with van der Waals surface area (Å²) in [6, 6.07) is 14.2. The summed E-state index contributed by atoms with van der Waals surface area (Å²) in [4.78, 5) is 7.77. The zero-order valence-corrected chi connectivity index (χ0v) is 17.6. The van der Waals surface area contributed by atoms with Crippen molar-refractivity contribution < 1.29 is 4.74 Å². The number of imidazole rings is 1. The molecule has 0 atom stereocenters. The summed E-state index contributed by atoms with van der Waals surface area (Å²) in [5, 5.41) is 3.29. The fourth-order valence-corrected chi connectivity index (χ4v) is 3.57. The lowest BCUT2D eigenvalue weighted by Crippen LogP contribution is -1.99. The number of aromatic amines is 1. The predicted octanol–water partition coefficient (Wildman–Crippen LogP) is 7.03. The van der Waals surface area contributed by atoms with E-state index in [0.717, 1.165) is 34.3 Å². The van der Waals surface area contributed by atoms with Crippen molar-refractivity contribution in [2.24, 2.45) is 5.92 Å². The lowest BCUT2D eigenvalue weighted by Gasteiger charge is -2.15. The maximum Gasteiger partial charge on any atom is 0.205 e. The highest BCUT2D eigenvalue weighted by molar-refractivity contribution is 5.79. The number of anilines is 2. The first-order valence-corrected chi connectivity index (χ1v) is 10.5. The largest absolute Gasteiger partial charge is 0.497 e. The molecule has 1 aliphatic rings. The fraction of sp³-hybridized carbons (Fsp3) is 0.458. The van der Waals surface area contributed by atoms with E-state index in [-0.39, 0.29) is 0 Å². The van der Waals surface area contributed by atoms with Crippen molar-refractivity contribution in [3.8, 4) is 5.75 Å². The topological polar surface area (TPSA) is 49.9 Å². The zero-order chi connectivity index (χ0) is 19.9. The summed E-state index contributed by atoms with van der Waals surface area (Å²) in [5.41, 5.74) is 4.22. The number of hydrogen-bond donors (Lipinski definition) is 2. The lowest BCUT2D eigenvalue weighted by atomic mass is 9.91. The van der Waals surface area contributed by atoms with Crippen LogP contribution in [0.3, 0.4) is 0 Å². The van der Waals surface area contributed by atoms with Crippen LogP contribution in [-0.4, -0.2) is 17.1 Å². The number of fused-ring (bicyclic) bond motifs is 1. The smallest absolute Gasteiger partial charge is 0.205 e. The molecule has 2 aromatic carbocycles. The quantitative estimate of drug-likeness (QED) is 0.512. The molecule has 0 radical (unpaired) electrons. The van der Waals surface area contributed by atoms with Gasteiger partial charge in [0, 0.05) is 11.8 Å². The molecule has 3 aromatic rings. The van der Waals surface area contributed by atoms with Crippen LogP contribution in [0.5, 0.6) is 5.75 Å². The zero-order valence-electron chi connectivity index (χ0n) is 17.6. The fourth-order valence-electron chi connectivity index (χ4n) is 3.57. The number of rotatable bonds is 4. The van der Waals surface area contributed by atoms with Gasteiger partial charge in [0.15, 0.2) is 0 Å². The molecule has 1 saturated carbocycles. The van der Waals surface area contributed by atoms with E-state index in [1.165, 1.54) is 37.7 Å². The Kier molecular flexibility index (Phi) is 6.96. The number of aromatic nitrogens is 2. The van der Waals surface area contributed by atoms with Crippen LogP contribution in [0.15, 0.2) is 42.5 Å². The molecule has 1 aliphatic carbocycles. The van der Waals surface area contributed by atoms with E-state index in [9.17, 15) is 0 Å². The van der Waals surface area contributed by atoms with E-state index < -0.39 is 0 Å². The van der Waals surface area contributed by atoms with E-state index in [4.69, 9.17) is 4.74 Å². The number of hydrogen-bond acceptors (Lipinski definition) is 3. The first kappa shape index (κ1) is 20.2. The van der Waals surface area contributed by atoms with Gasteiger partial charge in [-0.15, -0.1) is 0 Å². The Labute approximate surface area is 168 Å². The molecular formula is C24H33N3O. The molecule has 1 fully saturated rings. The molecular weight excluding hydrogens is 346 g/mol. The average Bonchev–Trinajstić information content (AvgIpc) is 3.10. The Morgan fingerprint density at radius 3 is 2.32 bits per heavy atom. The third-order valence-electron chi connectivity index (χ3n) is 5.42. The van der Waals surface area contributed by atoms with Crippen molar-refractivity contribution in [2.45, 2.75) is 58.8 Å². The summed E-state index contributed by atoms with van der Waals surface area (Å²) in [7, 11) is 1.66. The van der Waals surface area contributed by atoms with Crippen molar-refractivity contribution in [1.29, 1.82) is 0 Å². The number of H-pyrrole nitrogens is 1. The van der Waals surface area contributed by atoms with Gasteiger partial charge in [-0.05, 0) is 41.7 Å². The number of ether oxygens (including phenoxy) is 1. The van der Waals surface area contributed by atoms with E-state index in [1.807, 2.05) is 18.2 Å². The van der Waals surface area contributed by atoms with E-state index in [0.29, 0.717) is 5.92 Å². The van der Waals surface area contributed by atoms with Gasteiger partial charge in [0.25, 0.3) is 0 Å². The second-order valence-electron chi connectivity index (χ2n) is 8.11. The monoisotopic (exact) mass is 379 g/mol. The molecule has 0 spiro atoms. The van der Waals surface area contributed by atoms with E-state index >= 15 is 0 Å². The Bertz CT molecular complexity index is 861. The molecule has 0 amide bonds. The summed E-state index contributed by atoms with van der Waals surface area (Å²) in [6.07, 6.45) is 7.44. The number of nitrogens with one attached hydrogen (secondary N) is 2. The van der Waals surface area contributed by atoms with Crippen LogP contribution in [0.4, 0.5) is 11.6 Å². The van der Waals surface area contributed by atoms with Gasteiger partial charge in [-0.25, -0.2) is 4.98 Å². The molecule has 0 aliphatic heterocycles. The van der Waals surface area contributed by atoms with Crippen LogP contribution in [0.25, 0.3) is 11.0 Å². The second-order valence-corrected chi connectivity index (χ2v) is 8.11. The minimum Gasteiger partial charge on any atom is -0.497 e. The molecule has 1 aromatic heterocycles. The van der Waals surface area contributed by atoms with Crippen LogP contribution >= 0.6 is 0 Å². The normalized spacial score (nSPS) is 14.6. The Morgan fingerprint density at radius 1 is 1.04 bits per heavy atom. The second kappa shape index (κ2) is 9.63. The van der Waals surface area contributed by atoms with E-state index in [1.54, 1.807) is 7.11 Å². The molecule has 4 heteroatoms. The SMILES string of the molecule is CC1CCCCC1.COc1ccc2nc(Nc3ccc(C(C)C)cc3)[nH]c2c1. The molecule has 150 valence electrons. The Morgan fingerprint density at radius 2 is 1.75 bits per heavy atom. The van der Waals surface area contributed by atoms with Gasteiger partial charge in [-0.2, -0.15) is 0 Å². The van der Waals surface area contributed by atoms with Gasteiger partial charge in [-0.3, -0.25) is 0 Å². The summed E-state index contributed by atoms with van der Waals surface area (Å²) in [6.45, 7) is 6.74. The van der Waals surface area contributed by atoms with Gasteiger partial charge in [0.2, 0.25) is 5.95 Å². The predicted molar refractivity (Wildman–Crippen MR) is 119 cm³/mol. The lowest BCUT2D eigenvalue weighted by molar-refractivity contribution is 0.385. The van der Waals surface area contributed by atoms with Crippen LogP contribution in [0.1, 0.15) is 64.4 Å². The highest BCUT2D eigenvalue weighted by Gasteiger charge is 2.06. The molecule has 2 N–H and O–H groups in total. The van der Waals surface area contributed by atoms with E-state index in [2.05, 4.69) is 60.3 Å². The minimum absolute atomic E-state index is 0.540. The van der Waals surface area contributed by atoms with Gasteiger partial charge in [0.1, 0.15) is 5.75 Å². The third-order valence-corrected chi connectivity index (χ3v) is 5.42. The van der Waals surface area contributed by atoms with Crippen molar-refractivity contribution in [3.63, 3.8) is 0 Å². The van der Waals surface area contributed by atoms with Crippen molar-refractivity contribution in [2.75, 3.05) is 12.4 Å². The van der Waals surface area contributed by atoms with Crippen LogP contribution < -0.4 is 10.1 Å². The molecule has 4 nitrogen and oxygen atoms in total. The number of methoxy groups -OCH3 is 1. The highest BCUT2D eigenvalue weighted by atomic mass is 16.5. The first-order valence-electron chi connectivity index (χ1n) is 10.5. The summed E-state index contributed by atoms with van der Waals surface area (Å²) in [5.74, 6) is 3.13. The van der Waals surface area contributed by atoms with Crippen molar-refractivity contribution in [1.82, 2.24) is 9.97 Å². The number of benzene rings is 2. The van der Waals surface area contributed by atoms with Gasteiger partial charge in [-0.1, -0.05) is 65.0 Å². The molecule has 0 saturated heterocycles. The molecule has 0 unspecified atom stereocenters. The highest BCUT2D eigenvalue weighted by Crippen LogP contribution is 2.24. The van der Waals surface area contributed by atoms with Gasteiger partial charge >= 0.3 is 0 Å². The number of nitrogens with zero attached hydrogens (tertiary/aromatic N) is 1. The molecule has 4 rings (SSSR count). The van der Waals surface area contributed by atoms with Crippen LogP contribution in [0.2, 0.25) is 0 Å². The maximum atomic E-state index is 5.22. The Balaban J connectivity index is 0.000000271. The van der Waals surface area contributed by atoms with Crippen LogP contribution in [0, 0.1) is 5.92 Å². The first-order chi connectivity index (χ1) is 13.5. The molecule has 1 heterocycles. The maximum absolute atomic E-state index is 5.22. The van der Waals surface area contributed by atoms with Crippen molar-refractivity contribution >= 4 is 22.7 Å². The third kappa shape index (κ3) is 5.51. The molecule has 28 heavy (non-hydrogen) atoms.